The van der Waals surface area contributed by atoms with Crippen LogP contribution in [0.25, 0.3) is 0 Å². The first-order valence-corrected chi connectivity index (χ1v) is 12.2. The zero-order valence-electron chi connectivity index (χ0n) is 20.5. The van der Waals surface area contributed by atoms with Crippen molar-refractivity contribution in [1.29, 1.82) is 0 Å². The van der Waals surface area contributed by atoms with Gasteiger partial charge in [-0.25, -0.2) is 9.59 Å². The first-order chi connectivity index (χ1) is 16.0. The Balaban J connectivity index is 0.000000411. The van der Waals surface area contributed by atoms with Crippen molar-refractivity contribution in [2.45, 2.75) is 77.4 Å². The topological polar surface area (TPSA) is 97.3 Å². The number of rotatable bonds is 5. The number of nitrogens with zero attached hydrogens (tertiary/aromatic N) is 1. The number of carboxylic acid groups (broad SMARTS) is 1. The number of benzene rings is 1. The highest BCUT2D eigenvalue weighted by Gasteiger charge is 2.36. The number of nitrogens with one attached hydrogen (secondary N) is 1. The number of likely N-dealkylation sites (tertiary alicyclic amines) is 1. The molecule has 1 atom stereocenters. The SMILES string of the molecule is C1CCCCC1.CC.COc1cc(OC)c2c(c1)[C@@H](CN1CCC(NC(=O)O)CC1)OC2=O. The van der Waals surface area contributed by atoms with Crippen LogP contribution in [0.3, 0.4) is 0 Å². The van der Waals surface area contributed by atoms with Crippen LogP contribution in [0.4, 0.5) is 4.79 Å². The van der Waals surface area contributed by atoms with Crippen LogP contribution < -0.4 is 14.8 Å². The summed E-state index contributed by atoms with van der Waals surface area (Å²) in [5, 5.41) is 11.3. The zero-order valence-corrected chi connectivity index (χ0v) is 20.5. The lowest BCUT2D eigenvalue weighted by molar-refractivity contribution is 0.0263. The largest absolute Gasteiger partial charge is 0.497 e. The Morgan fingerprint density at radius 2 is 1.64 bits per heavy atom. The number of carbonyl (C=O) groups is 2. The first-order valence-electron chi connectivity index (χ1n) is 12.2. The summed E-state index contributed by atoms with van der Waals surface area (Å²) in [7, 11) is 3.07. The molecule has 0 spiro atoms. The predicted molar refractivity (Wildman–Crippen MR) is 127 cm³/mol. The van der Waals surface area contributed by atoms with E-state index >= 15 is 0 Å². The van der Waals surface area contributed by atoms with Crippen molar-refractivity contribution in [3.8, 4) is 11.5 Å². The molecule has 4 rings (SSSR count). The summed E-state index contributed by atoms with van der Waals surface area (Å²) in [6, 6.07) is 3.46. The van der Waals surface area contributed by atoms with Gasteiger partial charge in [-0.15, -0.1) is 0 Å². The summed E-state index contributed by atoms with van der Waals surface area (Å²) in [5.74, 6) is 0.677. The third-order valence-electron chi connectivity index (χ3n) is 6.20. The number of cyclic esters (lactones) is 1. The fourth-order valence-electron chi connectivity index (χ4n) is 4.48. The number of esters is 1. The minimum absolute atomic E-state index is 0.0210. The summed E-state index contributed by atoms with van der Waals surface area (Å²) in [4.78, 5) is 25.1. The lowest BCUT2D eigenvalue weighted by atomic mass is 10.0. The summed E-state index contributed by atoms with van der Waals surface area (Å²) in [5.41, 5.74) is 1.22. The van der Waals surface area contributed by atoms with Crippen LogP contribution in [0.2, 0.25) is 0 Å². The molecule has 1 saturated carbocycles. The number of ether oxygens (including phenoxy) is 3. The van der Waals surface area contributed by atoms with Crippen molar-refractivity contribution < 1.29 is 28.9 Å². The minimum Gasteiger partial charge on any atom is -0.497 e. The third-order valence-corrected chi connectivity index (χ3v) is 6.20. The molecule has 186 valence electrons. The van der Waals surface area contributed by atoms with Gasteiger partial charge in [0.25, 0.3) is 0 Å². The van der Waals surface area contributed by atoms with Crippen molar-refractivity contribution in [3.63, 3.8) is 0 Å². The molecule has 2 N–H and O–H groups in total. The molecule has 0 bridgehead atoms. The van der Waals surface area contributed by atoms with E-state index in [-0.39, 0.29) is 18.1 Å². The van der Waals surface area contributed by atoms with Gasteiger partial charge in [-0.1, -0.05) is 52.4 Å². The third kappa shape index (κ3) is 7.81. The molecule has 1 aromatic rings. The van der Waals surface area contributed by atoms with Crippen LogP contribution in [-0.4, -0.2) is 62.0 Å². The number of methoxy groups -OCH3 is 2. The maximum atomic E-state index is 12.2. The number of fused-ring (bicyclic) bond motifs is 1. The average molecular weight is 465 g/mol. The molecule has 1 aromatic carbocycles. The number of hydrogen-bond donors (Lipinski definition) is 2. The van der Waals surface area contributed by atoms with E-state index in [4.69, 9.17) is 19.3 Å². The molecule has 8 nitrogen and oxygen atoms in total. The molecule has 0 aromatic heterocycles. The second-order valence-electron chi connectivity index (χ2n) is 8.33. The molecule has 8 heteroatoms. The Morgan fingerprint density at radius 1 is 1.06 bits per heavy atom. The Morgan fingerprint density at radius 3 is 2.12 bits per heavy atom. The second-order valence-corrected chi connectivity index (χ2v) is 8.33. The summed E-state index contributed by atoms with van der Waals surface area (Å²) in [6.07, 6.45) is 9.11. The highest BCUT2D eigenvalue weighted by molar-refractivity contribution is 5.97. The standard InChI is InChI=1S/C17H22N2O6.C6H12.C2H6/c1-23-11-7-12-14(25-16(20)15(12)13(8-11)24-2)9-19-5-3-10(4-6-19)18-17(21)22;1-2-4-6-5-3-1;1-2/h7-8,10,14,18H,3-6,9H2,1-2H3,(H,21,22);1-6H2;1-2H3/t14-;;/m1../s1. The van der Waals surface area contributed by atoms with E-state index in [0.29, 0.717) is 23.6 Å². The van der Waals surface area contributed by atoms with Crippen LogP contribution in [0.15, 0.2) is 12.1 Å². The van der Waals surface area contributed by atoms with Crippen molar-refractivity contribution in [1.82, 2.24) is 10.2 Å². The Labute approximate surface area is 197 Å². The fourth-order valence-corrected chi connectivity index (χ4v) is 4.48. The molecule has 1 aliphatic carbocycles. The van der Waals surface area contributed by atoms with E-state index < -0.39 is 6.09 Å². The predicted octanol–water partition coefficient (Wildman–Crippen LogP) is 5.01. The molecule has 0 radical (unpaired) electrons. The van der Waals surface area contributed by atoms with Crippen molar-refractivity contribution in [3.05, 3.63) is 23.3 Å². The van der Waals surface area contributed by atoms with Crippen LogP contribution in [0, 0.1) is 0 Å². The molecule has 33 heavy (non-hydrogen) atoms. The lowest BCUT2D eigenvalue weighted by Gasteiger charge is -2.33. The number of piperidine rings is 1. The molecule has 2 aliphatic heterocycles. The molecule has 1 amide bonds. The number of carbonyl (C=O) groups excluding carboxylic acids is 1. The monoisotopic (exact) mass is 464 g/mol. The van der Waals surface area contributed by atoms with E-state index in [0.717, 1.165) is 31.5 Å². The van der Waals surface area contributed by atoms with Gasteiger partial charge in [-0.05, 0) is 18.9 Å². The van der Waals surface area contributed by atoms with Crippen LogP contribution in [-0.2, 0) is 4.74 Å². The van der Waals surface area contributed by atoms with Crippen LogP contribution in [0.1, 0.15) is 87.2 Å². The highest BCUT2D eigenvalue weighted by Crippen LogP contribution is 2.40. The van der Waals surface area contributed by atoms with Gasteiger partial charge in [0.05, 0.1) is 14.2 Å². The van der Waals surface area contributed by atoms with E-state index in [1.807, 2.05) is 19.9 Å². The molecule has 1 saturated heterocycles. The van der Waals surface area contributed by atoms with Crippen molar-refractivity contribution in [2.24, 2.45) is 0 Å². The zero-order chi connectivity index (χ0) is 24.2. The van der Waals surface area contributed by atoms with E-state index in [2.05, 4.69) is 10.2 Å². The van der Waals surface area contributed by atoms with Gasteiger partial charge in [-0.2, -0.15) is 0 Å². The molecular formula is C25H40N2O6. The number of amides is 1. The van der Waals surface area contributed by atoms with Gasteiger partial charge >= 0.3 is 12.1 Å². The van der Waals surface area contributed by atoms with Crippen LogP contribution >= 0.6 is 0 Å². The molecular weight excluding hydrogens is 424 g/mol. The van der Waals surface area contributed by atoms with Gasteiger partial charge < -0.3 is 24.6 Å². The Bertz CT molecular complexity index is 746. The van der Waals surface area contributed by atoms with Gasteiger partial charge in [0, 0.05) is 37.3 Å². The van der Waals surface area contributed by atoms with Crippen LogP contribution in [0.5, 0.6) is 11.5 Å². The van der Waals surface area contributed by atoms with E-state index in [9.17, 15) is 9.59 Å². The lowest BCUT2D eigenvalue weighted by Crippen LogP contribution is -2.45. The Kier molecular flexibility index (Phi) is 11.3. The number of hydrogen-bond acceptors (Lipinski definition) is 6. The van der Waals surface area contributed by atoms with Gasteiger partial charge in [-0.3, -0.25) is 4.90 Å². The average Bonchev–Trinajstić information content (AvgIpc) is 3.17. The molecule has 2 fully saturated rings. The maximum absolute atomic E-state index is 12.2. The van der Waals surface area contributed by atoms with Crippen molar-refractivity contribution in [2.75, 3.05) is 33.9 Å². The minimum atomic E-state index is -0.990. The van der Waals surface area contributed by atoms with Gasteiger partial charge in [0.15, 0.2) is 0 Å². The molecule has 0 unspecified atom stereocenters. The van der Waals surface area contributed by atoms with E-state index in [1.54, 1.807) is 13.2 Å². The van der Waals surface area contributed by atoms with E-state index in [1.165, 1.54) is 45.6 Å². The highest BCUT2D eigenvalue weighted by atomic mass is 16.6. The first kappa shape index (κ1) is 26.8. The fraction of sp³-hybridized carbons (Fsp3) is 0.680. The summed E-state index contributed by atoms with van der Waals surface area (Å²) >= 11 is 0. The van der Waals surface area contributed by atoms with Gasteiger partial charge in [0.2, 0.25) is 0 Å². The molecule has 3 aliphatic rings. The molecule has 2 heterocycles. The summed E-state index contributed by atoms with van der Waals surface area (Å²) < 4.78 is 16.1. The quantitative estimate of drug-likeness (QED) is 0.591. The maximum Gasteiger partial charge on any atom is 0.404 e. The normalized spacial score (nSPS) is 20.2. The smallest absolute Gasteiger partial charge is 0.404 e. The van der Waals surface area contributed by atoms with Crippen molar-refractivity contribution >= 4 is 12.1 Å². The summed E-state index contributed by atoms with van der Waals surface area (Å²) in [6.45, 7) is 6.06. The Hall–Kier alpha value is -2.48. The second kappa shape index (κ2) is 13.9. The van der Waals surface area contributed by atoms with Gasteiger partial charge in [0.1, 0.15) is 23.2 Å².